The predicted octanol–water partition coefficient (Wildman–Crippen LogP) is 4.00. The molecule has 0 aliphatic heterocycles. The fourth-order valence-electron chi connectivity index (χ4n) is 1.61. The smallest absolute Gasteiger partial charge is 0.152 e. The molecular formula is C13H14Cl2O3. The molecule has 0 atom stereocenters. The Morgan fingerprint density at radius 2 is 1.56 bits per heavy atom. The molecular weight excluding hydrogens is 275 g/mol. The molecule has 0 spiro atoms. The number of carbonyl (C=O) groups is 1. The molecule has 5 heteroatoms. The molecule has 0 saturated heterocycles. The van der Waals surface area contributed by atoms with Crippen LogP contribution in [-0.4, -0.2) is 20.0 Å². The minimum absolute atomic E-state index is 0.0820. The monoisotopic (exact) mass is 288 g/mol. The van der Waals surface area contributed by atoms with Gasteiger partial charge < -0.3 is 9.47 Å². The summed E-state index contributed by atoms with van der Waals surface area (Å²) in [6.07, 6.45) is 1.46. The van der Waals surface area contributed by atoms with E-state index in [9.17, 15) is 4.79 Å². The highest BCUT2D eigenvalue weighted by Crippen LogP contribution is 2.43. The van der Waals surface area contributed by atoms with Crippen molar-refractivity contribution in [1.29, 1.82) is 0 Å². The molecule has 0 unspecified atom stereocenters. The molecule has 0 N–H and O–H groups in total. The number of allylic oxidation sites excluding steroid dienone is 2. The first-order chi connectivity index (χ1) is 8.42. The van der Waals surface area contributed by atoms with Gasteiger partial charge in [0.25, 0.3) is 0 Å². The van der Waals surface area contributed by atoms with Crippen molar-refractivity contribution in [2.24, 2.45) is 0 Å². The maximum absolute atomic E-state index is 11.1. The third-order valence-electron chi connectivity index (χ3n) is 2.39. The van der Waals surface area contributed by atoms with Crippen LogP contribution in [-0.2, 0) is 4.79 Å². The summed E-state index contributed by atoms with van der Waals surface area (Å²) in [7, 11) is 3.00. The summed E-state index contributed by atoms with van der Waals surface area (Å²) >= 11 is 12.4. The van der Waals surface area contributed by atoms with Crippen molar-refractivity contribution in [1.82, 2.24) is 0 Å². The predicted molar refractivity (Wildman–Crippen MR) is 73.9 cm³/mol. The van der Waals surface area contributed by atoms with E-state index in [4.69, 9.17) is 32.7 Å². The van der Waals surface area contributed by atoms with Crippen molar-refractivity contribution in [3.05, 3.63) is 27.8 Å². The third-order valence-corrected chi connectivity index (χ3v) is 3.14. The quantitative estimate of drug-likeness (QED) is 0.786. The Balaban J connectivity index is 3.55. The van der Waals surface area contributed by atoms with Crippen LogP contribution in [0.5, 0.6) is 11.5 Å². The van der Waals surface area contributed by atoms with E-state index in [2.05, 4.69) is 0 Å². The molecule has 0 heterocycles. The van der Waals surface area contributed by atoms with Gasteiger partial charge in [0, 0.05) is 11.6 Å². The van der Waals surface area contributed by atoms with Crippen molar-refractivity contribution in [3.8, 4) is 11.5 Å². The van der Waals surface area contributed by atoms with Crippen LogP contribution < -0.4 is 9.47 Å². The summed E-state index contributed by atoms with van der Waals surface area (Å²) in [5, 5.41) is 0.719. The number of hydrogen-bond donors (Lipinski definition) is 0. The molecule has 0 aliphatic carbocycles. The summed E-state index contributed by atoms with van der Waals surface area (Å²) in [5.74, 6) is 0.815. The highest BCUT2D eigenvalue weighted by molar-refractivity contribution is 6.39. The summed E-state index contributed by atoms with van der Waals surface area (Å²) in [6.45, 7) is 3.22. The van der Waals surface area contributed by atoms with Crippen molar-refractivity contribution in [2.75, 3.05) is 14.2 Å². The largest absolute Gasteiger partial charge is 0.495 e. The van der Waals surface area contributed by atoms with Gasteiger partial charge in [-0.1, -0.05) is 23.2 Å². The Morgan fingerprint density at radius 3 is 1.89 bits per heavy atom. The first-order valence-corrected chi connectivity index (χ1v) is 5.97. The molecule has 0 amide bonds. The molecule has 0 saturated carbocycles. The van der Waals surface area contributed by atoms with Crippen molar-refractivity contribution in [2.45, 2.75) is 13.8 Å². The molecule has 0 fully saturated rings. The summed E-state index contributed by atoms with van der Waals surface area (Å²) in [6, 6.07) is 1.61. The average molecular weight is 289 g/mol. The van der Waals surface area contributed by atoms with Crippen LogP contribution >= 0.6 is 23.2 Å². The molecule has 0 aliphatic rings. The Kier molecular flexibility index (Phi) is 5.05. The van der Waals surface area contributed by atoms with Crippen LogP contribution in [0, 0.1) is 0 Å². The Labute approximate surface area is 116 Å². The van der Waals surface area contributed by atoms with Crippen molar-refractivity contribution in [3.63, 3.8) is 0 Å². The highest BCUT2D eigenvalue weighted by atomic mass is 35.5. The number of rotatable bonds is 4. The lowest BCUT2D eigenvalue weighted by atomic mass is 10.0. The van der Waals surface area contributed by atoms with Crippen molar-refractivity contribution < 1.29 is 14.3 Å². The molecule has 98 valence electrons. The number of carbonyl (C=O) groups excluding carboxylic acids is 1. The van der Waals surface area contributed by atoms with Gasteiger partial charge in [0.2, 0.25) is 0 Å². The summed E-state index contributed by atoms with van der Waals surface area (Å²) < 4.78 is 10.3. The number of ketones is 1. The normalized spacial score (nSPS) is 11.3. The lowest BCUT2D eigenvalue weighted by molar-refractivity contribution is -0.112. The van der Waals surface area contributed by atoms with Gasteiger partial charge >= 0.3 is 0 Å². The second-order valence-electron chi connectivity index (χ2n) is 3.72. The van der Waals surface area contributed by atoms with Gasteiger partial charge in [0.1, 0.15) is 11.5 Å². The minimum Gasteiger partial charge on any atom is -0.495 e. The van der Waals surface area contributed by atoms with Crippen molar-refractivity contribution >= 4 is 34.6 Å². The molecule has 1 rings (SSSR count). The molecule has 1 aromatic rings. The van der Waals surface area contributed by atoms with Crippen LogP contribution in [0.15, 0.2) is 12.1 Å². The second-order valence-corrected chi connectivity index (χ2v) is 4.48. The number of benzene rings is 1. The lowest BCUT2D eigenvalue weighted by Crippen LogP contribution is -1.96. The van der Waals surface area contributed by atoms with E-state index < -0.39 is 0 Å². The summed E-state index contributed by atoms with van der Waals surface area (Å²) in [4.78, 5) is 11.1. The summed E-state index contributed by atoms with van der Waals surface area (Å²) in [5.41, 5.74) is 1.21. The van der Waals surface area contributed by atoms with E-state index in [1.54, 1.807) is 13.0 Å². The van der Waals surface area contributed by atoms with Crippen LogP contribution in [0.3, 0.4) is 0 Å². The molecule has 0 bridgehead atoms. The Bertz CT molecular complexity index is 479. The molecule has 18 heavy (non-hydrogen) atoms. The SMILES string of the molecule is COc1cc(OC)c(Cl)c(C(C)=CC(C)=O)c1Cl. The van der Waals surface area contributed by atoms with Gasteiger partial charge in [-0.3, -0.25) is 4.79 Å². The Morgan fingerprint density at radius 1 is 1.11 bits per heavy atom. The second kappa shape index (κ2) is 6.12. The van der Waals surface area contributed by atoms with E-state index in [1.807, 2.05) is 0 Å². The van der Waals surface area contributed by atoms with E-state index in [0.29, 0.717) is 32.7 Å². The van der Waals surface area contributed by atoms with Crippen LogP contribution in [0.2, 0.25) is 10.0 Å². The zero-order valence-electron chi connectivity index (χ0n) is 10.6. The fourth-order valence-corrected chi connectivity index (χ4v) is 2.41. The Hall–Kier alpha value is -1.19. The molecule has 3 nitrogen and oxygen atoms in total. The first-order valence-electron chi connectivity index (χ1n) is 5.21. The standard InChI is InChI=1S/C13H14Cl2O3/c1-7(5-8(2)16)11-12(14)9(17-3)6-10(18-4)13(11)15/h5-6H,1-4H3. The molecule has 1 aromatic carbocycles. The van der Waals surface area contributed by atoms with E-state index in [-0.39, 0.29) is 5.78 Å². The zero-order chi connectivity index (χ0) is 13.9. The van der Waals surface area contributed by atoms with E-state index in [1.165, 1.54) is 27.2 Å². The fraction of sp³-hybridized carbons (Fsp3) is 0.308. The van der Waals surface area contributed by atoms with E-state index >= 15 is 0 Å². The first kappa shape index (κ1) is 14.9. The van der Waals surface area contributed by atoms with Gasteiger partial charge in [-0.25, -0.2) is 0 Å². The number of hydrogen-bond acceptors (Lipinski definition) is 3. The number of methoxy groups -OCH3 is 2. The average Bonchev–Trinajstić information content (AvgIpc) is 2.28. The van der Waals surface area contributed by atoms with Gasteiger partial charge in [0.15, 0.2) is 5.78 Å². The van der Waals surface area contributed by atoms with Gasteiger partial charge in [-0.15, -0.1) is 0 Å². The molecule has 0 aromatic heterocycles. The van der Waals surface area contributed by atoms with Gasteiger partial charge in [-0.05, 0) is 25.5 Å². The lowest BCUT2D eigenvalue weighted by Gasteiger charge is -2.14. The number of halogens is 2. The highest BCUT2D eigenvalue weighted by Gasteiger charge is 2.18. The van der Waals surface area contributed by atoms with E-state index in [0.717, 1.165) is 0 Å². The molecule has 0 radical (unpaired) electrons. The maximum atomic E-state index is 11.1. The minimum atomic E-state index is -0.0820. The van der Waals surface area contributed by atoms with Gasteiger partial charge in [0.05, 0.1) is 24.3 Å². The topological polar surface area (TPSA) is 35.5 Å². The van der Waals surface area contributed by atoms with Crippen LogP contribution in [0.25, 0.3) is 5.57 Å². The third kappa shape index (κ3) is 2.98. The number of ether oxygens (including phenoxy) is 2. The maximum Gasteiger partial charge on any atom is 0.152 e. The van der Waals surface area contributed by atoms with Crippen LogP contribution in [0.1, 0.15) is 19.4 Å². The zero-order valence-corrected chi connectivity index (χ0v) is 12.1. The van der Waals surface area contributed by atoms with Crippen LogP contribution in [0.4, 0.5) is 0 Å². The van der Waals surface area contributed by atoms with Gasteiger partial charge in [-0.2, -0.15) is 0 Å².